The Morgan fingerprint density at radius 2 is 2.00 bits per heavy atom. The van der Waals surface area contributed by atoms with Crippen molar-refractivity contribution in [2.75, 3.05) is 13.6 Å². The van der Waals surface area contributed by atoms with Crippen molar-refractivity contribution in [3.8, 4) is 0 Å². The first-order valence-electron chi connectivity index (χ1n) is 4.25. The van der Waals surface area contributed by atoms with Crippen molar-refractivity contribution in [1.82, 2.24) is 5.32 Å². The Hall–Kier alpha value is -0.960. The van der Waals surface area contributed by atoms with Crippen LogP contribution in [-0.4, -0.2) is 13.6 Å². The fourth-order valence-electron chi connectivity index (χ4n) is 1.19. The topological polar surface area (TPSA) is 12.0 Å². The van der Waals surface area contributed by atoms with Crippen LogP contribution in [0.3, 0.4) is 0 Å². The molecule has 1 aromatic carbocycles. The Balaban J connectivity index is 2.96. The summed E-state index contributed by atoms with van der Waals surface area (Å²) in [6.07, 6.45) is 0.385. The molecule has 1 N–H and O–H groups in total. The largest absolute Gasteiger partial charge is 0.319 e. The number of halogens is 2. The number of aryl methyl sites for hydroxylation is 1. The molecule has 1 rings (SSSR count). The van der Waals surface area contributed by atoms with Gasteiger partial charge in [0, 0.05) is 5.56 Å². The lowest BCUT2D eigenvalue weighted by atomic mass is 10.1. The van der Waals surface area contributed by atoms with Crippen molar-refractivity contribution < 1.29 is 8.78 Å². The van der Waals surface area contributed by atoms with Crippen molar-refractivity contribution in [2.45, 2.75) is 13.3 Å². The minimum absolute atomic E-state index is 0.175. The van der Waals surface area contributed by atoms with Crippen LogP contribution < -0.4 is 5.32 Å². The minimum atomic E-state index is -0.460. The summed E-state index contributed by atoms with van der Waals surface area (Å²) in [4.78, 5) is 0. The zero-order valence-electron chi connectivity index (χ0n) is 7.82. The van der Waals surface area contributed by atoms with Crippen LogP contribution in [0.5, 0.6) is 0 Å². The van der Waals surface area contributed by atoms with Crippen LogP contribution in [-0.2, 0) is 6.42 Å². The zero-order valence-corrected chi connectivity index (χ0v) is 7.82. The Morgan fingerprint density at radius 3 is 2.62 bits per heavy atom. The average Bonchev–Trinajstić information content (AvgIpc) is 2.12. The van der Waals surface area contributed by atoms with Gasteiger partial charge in [0.05, 0.1) is 0 Å². The Labute approximate surface area is 76.8 Å². The third-order valence-electron chi connectivity index (χ3n) is 2.00. The molecule has 0 fully saturated rings. The molecule has 0 saturated carbocycles. The number of hydrogen-bond acceptors (Lipinski definition) is 1. The second-order valence-corrected chi connectivity index (χ2v) is 3.01. The highest BCUT2D eigenvalue weighted by atomic mass is 19.1. The van der Waals surface area contributed by atoms with E-state index in [2.05, 4.69) is 5.32 Å². The van der Waals surface area contributed by atoms with Crippen molar-refractivity contribution >= 4 is 0 Å². The summed E-state index contributed by atoms with van der Waals surface area (Å²) in [5, 5.41) is 2.86. The van der Waals surface area contributed by atoms with Crippen LogP contribution >= 0.6 is 0 Å². The highest BCUT2D eigenvalue weighted by Gasteiger charge is 2.09. The van der Waals surface area contributed by atoms with Gasteiger partial charge in [-0.05, 0) is 38.6 Å². The maximum Gasteiger partial charge on any atom is 0.132 e. The second-order valence-electron chi connectivity index (χ2n) is 3.01. The molecule has 0 aliphatic carbocycles. The maximum absolute atomic E-state index is 13.3. The molecular formula is C10H13F2N. The van der Waals surface area contributed by atoms with E-state index in [-0.39, 0.29) is 5.56 Å². The van der Waals surface area contributed by atoms with Crippen LogP contribution in [0, 0.1) is 18.6 Å². The molecule has 3 heteroatoms. The van der Waals surface area contributed by atoms with Gasteiger partial charge in [-0.2, -0.15) is 0 Å². The highest BCUT2D eigenvalue weighted by Crippen LogP contribution is 2.16. The Bertz CT molecular complexity index is 297. The monoisotopic (exact) mass is 185 g/mol. The van der Waals surface area contributed by atoms with Gasteiger partial charge in [0.1, 0.15) is 11.6 Å². The third kappa shape index (κ3) is 2.25. The fraction of sp³-hybridized carbons (Fsp3) is 0.400. The van der Waals surface area contributed by atoms with Crippen molar-refractivity contribution in [3.63, 3.8) is 0 Å². The lowest BCUT2D eigenvalue weighted by Crippen LogP contribution is -2.12. The molecule has 0 bridgehead atoms. The smallest absolute Gasteiger partial charge is 0.132 e. The van der Waals surface area contributed by atoms with E-state index < -0.39 is 11.6 Å². The molecule has 0 aliphatic rings. The Kier molecular flexibility index (Phi) is 3.37. The predicted molar refractivity (Wildman–Crippen MR) is 48.7 cm³/mol. The summed E-state index contributed by atoms with van der Waals surface area (Å²) >= 11 is 0. The molecule has 0 radical (unpaired) electrons. The fourth-order valence-corrected chi connectivity index (χ4v) is 1.19. The number of nitrogens with one attached hydrogen (secondary N) is 1. The molecule has 1 aromatic rings. The van der Waals surface area contributed by atoms with Crippen LogP contribution in [0.1, 0.15) is 11.1 Å². The van der Waals surface area contributed by atoms with E-state index in [1.165, 1.54) is 12.1 Å². The number of rotatable bonds is 3. The minimum Gasteiger partial charge on any atom is -0.319 e. The first-order chi connectivity index (χ1) is 6.16. The molecule has 0 amide bonds. The van der Waals surface area contributed by atoms with Crippen LogP contribution in [0.15, 0.2) is 12.1 Å². The summed E-state index contributed by atoms with van der Waals surface area (Å²) in [7, 11) is 1.76. The normalized spacial score (nSPS) is 10.5. The maximum atomic E-state index is 13.3. The molecule has 0 aliphatic heterocycles. The highest BCUT2D eigenvalue weighted by molar-refractivity contribution is 5.26. The molecule has 0 saturated heterocycles. The van der Waals surface area contributed by atoms with Crippen LogP contribution in [0.2, 0.25) is 0 Å². The van der Waals surface area contributed by atoms with Crippen molar-refractivity contribution in [2.24, 2.45) is 0 Å². The van der Waals surface area contributed by atoms with Crippen LogP contribution in [0.4, 0.5) is 8.78 Å². The van der Waals surface area contributed by atoms with Gasteiger partial charge in [0.15, 0.2) is 0 Å². The number of hydrogen-bond donors (Lipinski definition) is 1. The van der Waals surface area contributed by atoms with Crippen molar-refractivity contribution in [3.05, 3.63) is 34.9 Å². The van der Waals surface area contributed by atoms with Gasteiger partial charge < -0.3 is 5.32 Å². The molecular weight excluding hydrogens is 172 g/mol. The van der Waals surface area contributed by atoms with E-state index in [0.29, 0.717) is 18.5 Å². The van der Waals surface area contributed by atoms with E-state index >= 15 is 0 Å². The molecule has 1 nitrogen and oxygen atoms in total. The zero-order chi connectivity index (χ0) is 9.84. The van der Waals surface area contributed by atoms with Crippen LogP contribution in [0.25, 0.3) is 0 Å². The summed E-state index contributed by atoms with van der Waals surface area (Å²) in [6.45, 7) is 2.22. The van der Waals surface area contributed by atoms with Gasteiger partial charge >= 0.3 is 0 Å². The standard InChI is InChI=1S/C10H13F2N/c1-7-3-4-9(11)8(10(7)12)5-6-13-2/h3-4,13H,5-6H2,1-2H3. The van der Waals surface area contributed by atoms with E-state index in [1.54, 1.807) is 14.0 Å². The number of benzene rings is 1. The third-order valence-corrected chi connectivity index (χ3v) is 2.00. The summed E-state index contributed by atoms with van der Waals surface area (Å²) in [6, 6.07) is 2.76. The van der Waals surface area contributed by atoms with Gasteiger partial charge in [-0.3, -0.25) is 0 Å². The molecule has 0 heterocycles. The molecule has 13 heavy (non-hydrogen) atoms. The van der Waals surface area contributed by atoms with Gasteiger partial charge in [0.25, 0.3) is 0 Å². The average molecular weight is 185 g/mol. The van der Waals surface area contributed by atoms with Gasteiger partial charge in [0.2, 0.25) is 0 Å². The molecule has 0 aromatic heterocycles. The van der Waals surface area contributed by atoms with Crippen molar-refractivity contribution in [1.29, 1.82) is 0 Å². The summed E-state index contributed by atoms with van der Waals surface area (Å²) < 4.78 is 26.4. The SMILES string of the molecule is CNCCc1c(F)ccc(C)c1F. The van der Waals surface area contributed by atoms with E-state index in [9.17, 15) is 8.78 Å². The van der Waals surface area contributed by atoms with Gasteiger partial charge in [-0.15, -0.1) is 0 Å². The second kappa shape index (κ2) is 4.33. The quantitative estimate of drug-likeness (QED) is 0.759. The lowest BCUT2D eigenvalue weighted by molar-refractivity contribution is 0.546. The van der Waals surface area contributed by atoms with E-state index in [0.717, 1.165) is 0 Å². The predicted octanol–water partition coefficient (Wildman–Crippen LogP) is 2.04. The van der Waals surface area contributed by atoms with E-state index in [4.69, 9.17) is 0 Å². The van der Waals surface area contributed by atoms with E-state index in [1.807, 2.05) is 0 Å². The molecule has 72 valence electrons. The number of likely N-dealkylation sites (N-methyl/N-ethyl adjacent to an activating group) is 1. The summed E-state index contributed by atoms with van der Waals surface area (Å²) in [5.41, 5.74) is 0.668. The lowest BCUT2D eigenvalue weighted by Gasteiger charge is -2.06. The summed E-state index contributed by atoms with van der Waals surface area (Å²) in [5.74, 6) is -0.881. The Morgan fingerprint density at radius 1 is 1.31 bits per heavy atom. The van der Waals surface area contributed by atoms with Gasteiger partial charge in [-0.1, -0.05) is 6.07 Å². The first kappa shape index (κ1) is 10.1. The molecule has 0 atom stereocenters. The first-order valence-corrected chi connectivity index (χ1v) is 4.25. The molecule has 0 spiro atoms. The van der Waals surface area contributed by atoms with Gasteiger partial charge in [-0.25, -0.2) is 8.78 Å². The molecule has 0 unspecified atom stereocenters.